The van der Waals surface area contributed by atoms with Crippen molar-refractivity contribution < 1.29 is 22.7 Å². The van der Waals surface area contributed by atoms with Gasteiger partial charge < -0.3 is 15.4 Å². The van der Waals surface area contributed by atoms with Crippen molar-refractivity contribution in [1.82, 2.24) is 9.88 Å². The molecule has 1 aromatic heterocycles. The topological polar surface area (TPSA) is 97.7 Å². The maximum atomic E-state index is 14.6. The molecule has 4 N–H and O–H groups in total. The van der Waals surface area contributed by atoms with Gasteiger partial charge in [-0.3, -0.25) is 9.80 Å². The molecule has 1 atom stereocenters. The van der Waals surface area contributed by atoms with Gasteiger partial charge in [-0.05, 0) is 42.5 Å². The van der Waals surface area contributed by atoms with Crippen LogP contribution in [0.15, 0.2) is 67.0 Å². The molecule has 0 saturated carbocycles. The second kappa shape index (κ2) is 8.99. The lowest BCUT2D eigenvalue weighted by atomic mass is 10.0. The molecule has 10 heteroatoms. The van der Waals surface area contributed by atoms with Gasteiger partial charge in [-0.25, -0.2) is 24.0 Å². The smallest absolute Gasteiger partial charge is 0.287 e. The average Bonchev–Trinajstić information content (AvgIpc) is 2.80. The number of hydrazine groups is 1. The second-order valence-corrected chi connectivity index (χ2v) is 7.65. The first-order chi connectivity index (χ1) is 15.8. The third-order valence-corrected chi connectivity index (χ3v) is 5.39. The summed E-state index contributed by atoms with van der Waals surface area (Å²) in [6.07, 6.45) is 0.524. The van der Waals surface area contributed by atoms with Crippen LogP contribution in [-0.2, 0) is 0 Å². The predicted molar refractivity (Wildman–Crippen MR) is 118 cm³/mol. The fourth-order valence-electron chi connectivity index (χ4n) is 3.63. The zero-order valence-electron chi connectivity index (χ0n) is 17.5. The van der Waals surface area contributed by atoms with Crippen LogP contribution in [0, 0.1) is 5.82 Å². The van der Waals surface area contributed by atoms with E-state index >= 15 is 0 Å². The Labute approximate surface area is 188 Å². The van der Waals surface area contributed by atoms with E-state index in [1.54, 1.807) is 30.3 Å². The van der Waals surface area contributed by atoms with Crippen molar-refractivity contribution in [2.45, 2.75) is 18.4 Å². The van der Waals surface area contributed by atoms with Gasteiger partial charge in [0, 0.05) is 42.4 Å². The molecule has 4 rings (SSSR count). The van der Waals surface area contributed by atoms with E-state index < -0.39 is 30.2 Å². The Balaban J connectivity index is 1.53. The molecule has 1 aliphatic heterocycles. The summed E-state index contributed by atoms with van der Waals surface area (Å²) in [6.45, 7) is -0.455. The molecule has 0 aliphatic carbocycles. The van der Waals surface area contributed by atoms with Crippen LogP contribution < -0.4 is 21.3 Å². The van der Waals surface area contributed by atoms with Crippen LogP contribution in [0.25, 0.3) is 10.9 Å². The molecule has 0 radical (unpaired) electrons. The zero-order chi connectivity index (χ0) is 23.6. The van der Waals surface area contributed by atoms with E-state index in [1.165, 1.54) is 46.6 Å². The molecule has 2 heterocycles. The van der Waals surface area contributed by atoms with Crippen molar-refractivity contribution in [1.29, 1.82) is 0 Å². The average molecular weight is 457 g/mol. The van der Waals surface area contributed by atoms with Crippen LogP contribution in [0.2, 0.25) is 0 Å². The lowest BCUT2D eigenvalue weighted by Gasteiger charge is -2.38. The summed E-state index contributed by atoms with van der Waals surface area (Å²) in [5, 5.41) is 1.76. The van der Waals surface area contributed by atoms with Gasteiger partial charge >= 0.3 is 0 Å². The number of aromatic nitrogens is 1. The van der Waals surface area contributed by atoms with Gasteiger partial charge in [-0.1, -0.05) is 6.07 Å². The largest absolute Gasteiger partial charge is 0.466 e. The van der Waals surface area contributed by atoms with Gasteiger partial charge in [0.2, 0.25) is 5.88 Å². The molecule has 1 amide bonds. The van der Waals surface area contributed by atoms with Crippen LogP contribution in [0.4, 0.5) is 18.9 Å². The number of hydrogen-bond donors (Lipinski definition) is 2. The summed E-state index contributed by atoms with van der Waals surface area (Å²) in [5.74, 6) is 1.81. The number of benzene rings is 2. The minimum Gasteiger partial charge on any atom is -0.466 e. The van der Waals surface area contributed by atoms with E-state index in [4.69, 9.17) is 16.3 Å². The molecule has 3 aromatic rings. The van der Waals surface area contributed by atoms with E-state index in [9.17, 15) is 18.0 Å². The van der Waals surface area contributed by atoms with Crippen LogP contribution >= 0.6 is 0 Å². The summed E-state index contributed by atoms with van der Waals surface area (Å²) in [4.78, 5) is 18.5. The number of nitrogens with zero attached hydrogens (tertiary/aromatic N) is 3. The van der Waals surface area contributed by atoms with Crippen molar-refractivity contribution in [3.8, 4) is 5.88 Å². The first kappa shape index (κ1) is 22.4. The van der Waals surface area contributed by atoms with Crippen molar-refractivity contribution in [2.75, 3.05) is 18.1 Å². The van der Waals surface area contributed by atoms with Crippen molar-refractivity contribution in [2.24, 2.45) is 11.6 Å². The Kier molecular flexibility index (Phi) is 6.10. The molecular weight excluding hydrogens is 435 g/mol. The van der Waals surface area contributed by atoms with Gasteiger partial charge in [-0.15, -0.1) is 0 Å². The Morgan fingerprint density at radius 3 is 2.82 bits per heavy atom. The first-order valence-electron chi connectivity index (χ1n) is 10.2. The van der Waals surface area contributed by atoms with E-state index in [-0.39, 0.29) is 19.0 Å². The Morgan fingerprint density at radius 1 is 1.21 bits per heavy atom. The summed E-state index contributed by atoms with van der Waals surface area (Å²) in [6, 6.07) is 13.4. The number of fused-ring (bicyclic) bond motifs is 1. The number of amides is 1. The fourth-order valence-corrected chi connectivity index (χ4v) is 3.63. The Morgan fingerprint density at radius 2 is 2.03 bits per heavy atom. The molecule has 1 unspecified atom stereocenters. The molecule has 0 spiro atoms. The minimum atomic E-state index is -3.15. The molecular formula is C23H22F3N5O2. The number of halogens is 3. The maximum absolute atomic E-state index is 14.6. The number of alkyl halides is 2. The summed E-state index contributed by atoms with van der Waals surface area (Å²) < 4.78 is 48.1. The summed E-state index contributed by atoms with van der Waals surface area (Å²) in [5.41, 5.74) is 6.55. The van der Waals surface area contributed by atoms with Gasteiger partial charge in [0.25, 0.3) is 11.8 Å². The SMILES string of the molecule is N/C=C\N(N)c1cccc(C(=O)N2CCC(F)(F)C(Oc3ccc4cc(F)ccc4n3)C2)c1. The Bertz CT molecular complexity index is 1200. The van der Waals surface area contributed by atoms with Crippen molar-refractivity contribution in [3.05, 3.63) is 78.4 Å². The third-order valence-electron chi connectivity index (χ3n) is 5.39. The summed E-state index contributed by atoms with van der Waals surface area (Å²) >= 11 is 0. The number of piperidine rings is 1. The third kappa shape index (κ3) is 4.85. The van der Waals surface area contributed by atoms with Crippen LogP contribution in [0.1, 0.15) is 16.8 Å². The summed E-state index contributed by atoms with van der Waals surface area (Å²) in [7, 11) is 0. The number of nitrogens with two attached hydrogens (primary N) is 2. The van der Waals surface area contributed by atoms with Crippen LogP contribution in [0.3, 0.4) is 0 Å². The molecule has 1 saturated heterocycles. The Hall–Kier alpha value is -3.79. The number of ether oxygens (including phenoxy) is 1. The first-order valence-corrected chi connectivity index (χ1v) is 10.2. The van der Waals surface area contributed by atoms with E-state index in [1.807, 2.05) is 0 Å². The number of carbonyl (C=O) groups excluding carboxylic acids is 1. The zero-order valence-corrected chi connectivity index (χ0v) is 17.5. The lowest BCUT2D eigenvalue weighted by Crippen LogP contribution is -2.55. The normalized spacial score (nSPS) is 17.9. The minimum absolute atomic E-state index is 0.0255. The van der Waals surface area contributed by atoms with Gasteiger partial charge in [-0.2, -0.15) is 0 Å². The number of anilines is 1. The van der Waals surface area contributed by atoms with Crippen LogP contribution in [-0.4, -0.2) is 40.9 Å². The number of likely N-dealkylation sites (tertiary alicyclic amines) is 1. The molecule has 7 nitrogen and oxygen atoms in total. The van der Waals surface area contributed by atoms with E-state index in [0.29, 0.717) is 22.2 Å². The molecule has 1 fully saturated rings. The highest BCUT2D eigenvalue weighted by molar-refractivity contribution is 5.95. The highest BCUT2D eigenvalue weighted by Gasteiger charge is 2.47. The fraction of sp³-hybridized carbons (Fsp3) is 0.217. The molecule has 1 aliphatic rings. The maximum Gasteiger partial charge on any atom is 0.287 e. The van der Waals surface area contributed by atoms with E-state index in [0.717, 1.165) is 0 Å². The second-order valence-electron chi connectivity index (χ2n) is 7.65. The van der Waals surface area contributed by atoms with Crippen LogP contribution in [0.5, 0.6) is 5.88 Å². The van der Waals surface area contributed by atoms with Gasteiger partial charge in [0.1, 0.15) is 5.82 Å². The van der Waals surface area contributed by atoms with Crippen molar-refractivity contribution in [3.63, 3.8) is 0 Å². The monoisotopic (exact) mass is 457 g/mol. The van der Waals surface area contributed by atoms with Gasteiger partial charge in [0.15, 0.2) is 6.10 Å². The number of rotatable bonds is 5. The highest BCUT2D eigenvalue weighted by Crippen LogP contribution is 2.32. The van der Waals surface area contributed by atoms with E-state index in [2.05, 4.69) is 4.98 Å². The highest BCUT2D eigenvalue weighted by atomic mass is 19.3. The number of pyridine rings is 1. The molecule has 33 heavy (non-hydrogen) atoms. The van der Waals surface area contributed by atoms with Crippen molar-refractivity contribution >= 4 is 22.5 Å². The standard InChI is InChI=1S/C23H22F3N5O2/c24-17-5-6-19-15(12-17)4-7-21(29-19)33-20-14-30(10-8-23(20,25)26)22(32)16-2-1-3-18(13-16)31(28)11-9-27/h1-7,9,11-13,20H,8,10,14,27-28H2/b11-9-. The number of carbonyl (C=O) groups is 1. The molecule has 2 aromatic carbocycles. The predicted octanol–water partition coefficient (Wildman–Crippen LogP) is 3.41. The lowest BCUT2D eigenvalue weighted by molar-refractivity contribution is -0.131. The quantitative estimate of drug-likeness (QED) is 0.450. The number of hydrogen-bond acceptors (Lipinski definition) is 6. The van der Waals surface area contributed by atoms with Gasteiger partial charge in [0.05, 0.1) is 17.7 Å². The molecule has 0 bridgehead atoms. The molecule has 172 valence electrons.